The number of piperidine rings is 1. The number of rotatable bonds is 3. The van der Waals surface area contributed by atoms with E-state index in [0.717, 1.165) is 19.4 Å². The summed E-state index contributed by atoms with van der Waals surface area (Å²) < 4.78 is 31.4. The summed E-state index contributed by atoms with van der Waals surface area (Å²) in [4.78, 5) is 0.204. The summed E-state index contributed by atoms with van der Waals surface area (Å²) in [5, 5.41) is 6.93. The first kappa shape index (κ1) is 13.5. The highest BCUT2D eigenvalue weighted by Crippen LogP contribution is 2.25. The number of aromatic nitrogens is 1. The molecule has 0 saturated carbocycles. The average Bonchev–Trinajstić information content (AvgIpc) is 2.69. The molecule has 2 heterocycles. The van der Waals surface area contributed by atoms with E-state index in [1.165, 1.54) is 4.31 Å². The first-order chi connectivity index (χ1) is 8.44. The third-order valence-corrected chi connectivity index (χ3v) is 5.55. The molecule has 1 saturated heterocycles. The fourth-order valence-corrected chi connectivity index (χ4v) is 4.00. The van der Waals surface area contributed by atoms with Crippen LogP contribution >= 0.6 is 0 Å². The topological polar surface area (TPSA) is 75.4 Å². The Kier molecular flexibility index (Phi) is 3.74. The van der Waals surface area contributed by atoms with E-state index in [2.05, 4.69) is 10.5 Å². The zero-order chi connectivity index (χ0) is 13.3. The van der Waals surface area contributed by atoms with Gasteiger partial charge in [0.05, 0.1) is 0 Å². The second kappa shape index (κ2) is 4.99. The second-order valence-corrected chi connectivity index (χ2v) is 6.61. The summed E-state index contributed by atoms with van der Waals surface area (Å²) in [6.45, 7) is 4.92. The summed E-state index contributed by atoms with van der Waals surface area (Å²) >= 11 is 0. The van der Waals surface area contributed by atoms with E-state index >= 15 is 0 Å². The van der Waals surface area contributed by atoms with Crippen molar-refractivity contribution in [2.75, 3.05) is 20.1 Å². The molecule has 2 rings (SSSR count). The molecule has 0 spiro atoms. The summed E-state index contributed by atoms with van der Waals surface area (Å²) in [6.07, 6.45) is 1.87. The van der Waals surface area contributed by atoms with Crippen LogP contribution in [0.5, 0.6) is 0 Å². The Morgan fingerprint density at radius 3 is 2.67 bits per heavy atom. The van der Waals surface area contributed by atoms with Gasteiger partial charge in [-0.05, 0) is 33.2 Å². The van der Waals surface area contributed by atoms with Crippen LogP contribution < -0.4 is 5.32 Å². The van der Waals surface area contributed by atoms with Gasteiger partial charge >= 0.3 is 0 Å². The quantitative estimate of drug-likeness (QED) is 0.875. The minimum Gasteiger partial charge on any atom is -0.360 e. The Hall–Kier alpha value is -0.920. The predicted octanol–water partition coefficient (Wildman–Crippen LogP) is 0.664. The summed E-state index contributed by atoms with van der Waals surface area (Å²) in [5.74, 6) is 0.350. The van der Waals surface area contributed by atoms with Crippen molar-refractivity contribution in [1.29, 1.82) is 0 Å². The molecule has 0 bridgehead atoms. The van der Waals surface area contributed by atoms with Crippen molar-refractivity contribution in [3.05, 3.63) is 11.5 Å². The molecule has 1 aliphatic heterocycles. The van der Waals surface area contributed by atoms with Gasteiger partial charge in [-0.2, -0.15) is 4.31 Å². The van der Waals surface area contributed by atoms with Crippen molar-refractivity contribution in [2.24, 2.45) is 0 Å². The molecule has 102 valence electrons. The number of aryl methyl sites for hydroxylation is 2. The molecule has 1 fully saturated rings. The number of nitrogens with zero attached hydrogens (tertiary/aromatic N) is 2. The van der Waals surface area contributed by atoms with Gasteiger partial charge in [0.2, 0.25) is 10.0 Å². The van der Waals surface area contributed by atoms with E-state index in [-0.39, 0.29) is 10.9 Å². The molecule has 0 aliphatic carbocycles. The largest absolute Gasteiger partial charge is 0.360 e. The lowest BCUT2D eigenvalue weighted by atomic mass is 10.1. The van der Waals surface area contributed by atoms with Gasteiger partial charge in [0.1, 0.15) is 10.6 Å². The minimum absolute atomic E-state index is 0.00236. The third kappa shape index (κ3) is 2.30. The van der Waals surface area contributed by atoms with E-state index in [1.54, 1.807) is 20.9 Å². The van der Waals surface area contributed by atoms with Crippen molar-refractivity contribution in [3.8, 4) is 0 Å². The number of hydrogen-bond acceptors (Lipinski definition) is 5. The molecule has 7 heteroatoms. The minimum atomic E-state index is -3.52. The molecule has 1 atom stereocenters. The predicted molar refractivity (Wildman–Crippen MR) is 66.8 cm³/mol. The van der Waals surface area contributed by atoms with Crippen LogP contribution in [0, 0.1) is 13.8 Å². The van der Waals surface area contributed by atoms with Crippen molar-refractivity contribution in [2.45, 2.75) is 37.6 Å². The number of sulfonamides is 1. The molecule has 0 amide bonds. The lowest BCUT2D eigenvalue weighted by Crippen LogP contribution is -2.46. The van der Waals surface area contributed by atoms with E-state index in [9.17, 15) is 8.42 Å². The molecule has 0 aromatic carbocycles. The Morgan fingerprint density at radius 2 is 2.17 bits per heavy atom. The lowest BCUT2D eigenvalue weighted by Gasteiger charge is -2.30. The smallest absolute Gasteiger partial charge is 0.248 e. The summed E-state index contributed by atoms with van der Waals surface area (Å²) in [6, 6.07) is -0.00236. The number of likely N-dealkylation sites (N-methyl/N-ethyl adjacent to an activating group) is 1. The van der Waals surface area contributed by atoms with Crippen molar-refractivity contribution in [1.82, 2.24) is 14.8 Å². The average molecular weight is 273 g/mol. The van der Waals surface area contributed by atoms with Gasteiger partial charge < -0.3 is 9.84 Å². The number of hydrogen-bond donors (Lipinski definition) is 1. The lowest BCUT2D eigenvalue weighted by molar-refractivity contribution is 0.299. The van der Waals surface area contributed by atoms with Crippen LogP contribution in [0.1, 0.15) is 24.3 Å². The van der Waals surface area contributed by atoms with Gasteiger partial charge in [0.25, 0.3) is 0 Å². The van der Waals surface area contributed by atoms with Crippen LogP contribution in [0.25, 0.3) is 0 Å². The molecule has 1 unspecified atom stereocenters. The van der Waals surface area contributed by atoms with Crippen LogP contribution in [-0.2, 0) is 10.0 Å². The van der Waals surface area contributed by atoms with Crippen LogP contribution in [0.2, 0.25) is 0 Å². The van der Waals surface area contributed by atoms with E-state index < -0.39 is 10.0 Å². The van der Waals surface area contributed by atoms with E-state index in [0.29, 0.717) is 18.0 Å². The van der Waals surface area contributed by atoms with Gasteiger partial charge in [-0.1, -0.05) is 5.16 Å². The normalized spacial score (nSPS) is 21.4. The monoisotopic (exact) mass is 273 g/mol. The molecule has 1 aromatic rings. The summed E-state index contributed by atoms with van der Waals surface area (Å²) in [7, 11) is -1.90. The molecule has 1 aromatic heterocycles. The van der Waals surface area contributed by atoms with Gasteiger partial charge in [-0.25, -0.2) is 8.42 Å². The highest BCUT2D eigenvalue weighted by molar-refractivity contribution is 7.89. The zero-order valence-electron chi connectivity index (χ0n) is 10.9. The fourth-order valence-electron chi connectivity index (χ4n) is 2.33. The maximum Gasteiger partial charge on any atom is 0.248 e. The van der Waals surface area contributed by atoms with Gasteiger partial charge in [-0.15, -0.1) is 0 Å². The standard InChI is InChI=1S/C11H19N3O3S/c1-8-11(9(2)17-13-8)18(15,16)14(3)10-5-4-6-12-7-10/h10,12H,4-7H2,1-3H3. The van der Waals surface area contributed by atoms with Gasteiger partial charge in [-0.3, -0.25) is 0 Å². The molecular formula is C11H19N3O3S. The van der Waals surface area contributed by atoms with Gasteiger partial charge in [0.15, 0.2) is 5.76 Å². The maximum absolute atomic E-state index is 12.5. The van der Waals surface area contributed by atoms with Crippen molar-refractivity contribution < 1.29 is 12.9 Å². The first-order valence-corrected chi connectivity index (χ1v) is 7.50. The Bertz CT molecular complexity index is 498. The zero-order valence-corrected chi connectivity index (χ0v) is 11.7. The summed E-state index contributed by atoms with van der Waals surface area (Å²) in [5.41, 5.74) is 0.420. The highest BCUT2D eigenvalue weighted by Gasteiger charge is 2.33. The van der Waals surface area contributed by atoms with Crippen LogP contribution in [0.3, 0.4) is 0 Å². The maximum atomic E-state index is 12.5. The second-order valence-electron chi connectivity index (χ2n) is 4.67. The first-order valence-electron chi connectivity index (χ1n) is 6.06. The van der Waals surface area contributed by atoms with Gasteiger partial charge in [0, 0.05) is 19.6 Å². The third-order valence-electron chi connectivity index (χ3n) is 3.39. The van der Waals surface area contributed by atoms with E-state index in [1.807, 2.05) is 0 Å². The highest BCUT2D eigenvalue weighted by atomic mass is 32.2. The molecule has 18 heavy (non-hydrogen) atoms. The number of nitrogens with one attached hydrogen (secondary N) is 1. The fraction of sp³-hybridized carbons (Fsp3) is 0.727. The molecule has 1 N–H and O–H groups in total. The Morgan fingerprint density at radius 1 is 1.44 bits per heavy atom. The van der Waals surface area contributed by atoms with Crippen LogP contribution in [0.4, 0.5) is 0 Å². The molecule has 0 radical (unpaired) electrons. The Balaban J connectivity index is 2.30. The molecule has 1 aliphatic rings. The van der Waals surface area contributed by atoms with Crippen molar-refractivity contribution >= 4 is 10.0 Å². The van der Waals surface area contributed by atoms with Crippen LogP contribution in [0.15, 0.2) is 9.42 Å². The molecule has 6 nitrogen and oxygen atoms in total. The van der Waals surface area contributed by atoms with Crippen molar-refractivity contribution in [3.63, 3.8) is 0 Å². The van der Waals surface area contributed by atoms with E-state index in [4.69, 9.17) is 4.52 Å². The molecular weight excluding hydrogens is 254 g/mol. The Labute approximate surface area is 107 Å². The van der Waals surface area contributed by atoms with Crippen LogP contribution in [-0.4, -0.2) is 44.1 Å². The SMILES string of the molecule is Cc1noc(C)c1S(=O)(=O)N(C)C1CCCNC1.